The fraction of sp³-hybridized carbons (Fsp3) is 0.500. The minimum Gasteiger partial charge on any atom is -0.481 e. The minimum atomic E-state index is -0.768. The van der Waals surface area contributed by atoms with E-state index >= 15 is 0 Å². The van der Waals surface area contributed by atoms with Gasteiger partial charge in [0.25, 0.3) is 0 Å². The Labute approximate surface area is 112 Å². The molecule has 0 bridgehead atoms. The first-order chi connectivity index (χ1) is 8.45. The van der Waals surface area contributed by atoms with Crippen LogP contribution >= 0.6 is 11.8 Å². The van der Waals surface area contributed by atoms with Gasteiger partial charge in [-0.05, 0) is 30.5 Å². The maximum atomic E-state index is 11.2. The average molecular weight is 265 g/mol. The van der Waals surface area contributed by atoms with E-state index in [-0.39, 0.29) is 0 Å². The highest BCUT2D eigenvalue weighted by atomic mass is 32.2. The number of hydrogen-bond acceptors (Lipinski definition) is 3. The SMILES string of the molecule is CC(C)Sc1ccc(C(N)C2(C(=O)O)CC2)cc1. The Hall–Kier alpha value is -1.00. The van der Waals surface area contributed by atoms with Crippen molar-refractivity contribution in [2.45, 2.75) is 42.9 Å². The van der Waals surface area contributed by atoms with E-state index in [1.165, 1.54) is 4.90 Å². The van der Waals surface area contributed by atoms with Crippen molar-refractivity contribution < 1.29 is 9.90 Å². The van der Waals surface area contributed by atoms with E-state index < -0.39 is 17.4 Å². The molecule has 0 aliphatic heterocycles. The standard InChI is InChI=1S/C14H19NO2S/c1-9(2)18-11-5-3-10(4-6-11)12(15)14(7-8-14)13(16)17/h3-6,9,12H,7-8,15H2,1-2H3,(H,16,17). The molecule has 0 aromatic heterocycles. The summed E-state index contributed by atoms with van der Waals surface area (Å²) in [6.07, 6.45) is 1.37. The summed E-state index contributed by atoms with van der Waals surface area (Å²) in [7, 11) is 0. The first kappa shape index (κ1) is 13.4. The molecule has 2 rings (SSSR count). The Morgan fingerprint density at radius 1 is 1.33 bits per heavy atom. The number of carbonyl (C=O) groups is 1. The van der Waals surface area contributed by atoms with Gasteiger partial charge in [-0.25, -0.2) is 0 Å². The summed E-state index contributed by atoms with van der Waals surface area (Å²) in [5.41, 5.74) is 6.30. The van der Waals surface area contributed by atoms with Crippen LogP contribution < -0.4 is 5.73 Å². The van der Waals surface area contributed by atoms with Crippen molar-refractivity contribution >= 4 is 17.7 Å². The van der Waals surface area contributed by atoms with Crippen molar-refractivity contribution in [3.05, 3.63) is 29.8 Å². The highest BCUT2D eigenvalue weighted by Crippen LogP contribution is 2.54. The number of rotatable bonds is 5. The van der Waals surface area contributed by atoms with E-state index in [2.05, 4.69) is 13.8 Å². The molecule has 18 heavy (non-hydrogen) atoms. The molecule has 1 fully saturated rings. The Balaban J connectivity index is 2.12. The first-order valence-electron chi connectivity index (χ1n) is 6.21. The average Bonchev–Trinajstić information content (AvgIpc) is 3.09. The third kappa shape index (κ3) is 2.54. The maximum absolute atomic E-state index is 11.2. The molecule has 0 saturated heterocycles. The van der Waals surface area contributed by atoms with E-state index in [0.717, 1.165) is 5.56 Å². The molecule has 1 aromatic rings. The lowest BCUT2D eigenvalue weighted by atomic mass is 9.91. The largest absolute Gasteiger partial charge is 0.481 e. The summed E-state index contributed by atoms with van der Waals surface area (Å²) >= 11 is 1.79. The van der Waals surface area contributed by atoms with Crippen LogP contribution in [-0.2, 0) is 4.79 Å². The van der Waals surface area contributed by atoms with Gasteiger partial charge in [0, 0.05) is 16.2 Å². The number of thioether (sulfide) groups is 1. The zero-order valence-corrected chi connectivity index (χ0v) is 11.5. The van der Waals surface area contributed by atoms with Gasteiger partial charge in [-0.1, -0.05) is 26.0 Å². The monoisotopic (exact) mass is 265 g/mol. The van der Waals surface area contributed by atoms with Gasteiger partial charge in [0.2, 0.25) is 0 Å². The molecule has 0 radical (unpaired) electrons. The molecule has 98 valence electrons. The molecule has 0 spiro atoms. The zero-order valence-electron chi connectivity index (χ0n) is 10.7. The normalized spacial score (nSPS) is 18.7. The van der Waals surface area contributed by atoms with Gasteiger partial charge in [0.05, 0.1) is 5.41 Å². The second-order valence-corrected chi connectivity index (χ2v) is 6.82. The predicted molar refractivity (Wildman–Crippen MR) is 73.7 cm³/mol. The molecule has 1 aliphatic rings. The van der Waals surface area contributed by atoms with Crippen LogP contribution in [0, 0.1) is 5.41 Å². The summed E-state index contributed by atoms with van der Waals surface area (Å²) in [4.78, 5) is 12.4. The number of hydrogen-bond donors (Lipinski definition) is 2. The molecular formula is C14H19NO2S. The van der Waals surface area contributed by atoms with Gasteiger partial charge >= 0.3 is 5.97 Å². The van der Waals surface area contributed by atoms with Gasteiger partial charge in [-0.3, -0.25) is 4.79 Å². The molecular weight excluding hydrogens is 246 g/mol. The quantitative estimate of drug-likeness (QED) is 0.803. The zero-order chi connectivity index (χ0) is 13.3. The molecule has 3 nitrogen and oxygen atoms in total. The van der Waals surface area contributed by atoms with Crippen LogP contribution in [0.1, 0.15) is 38.3 Å². The van der Waals surface area contributed by atoms with Crippen molar-refractivity contribution in [1.82, 2.24) is 0 Å². The van der Waals surface area contributed by atoms with Crippen LogP contribution in [0.5, 0.6) is 0 Å². The van der Waals surface area contributed by atoms with Crippen LogP contribution in [0.4, 0.5) is 0 Å². The van der Waals surface area contributed by atoms with E-state index in [9.17, 15) is 9.90 Å². The Morgan fingerprint density at radius 3 is 2.28 bits per heavy atom. The van der Waals surface area contributed by atoms with Crippen molar-refractivity contribution in [2.75, 3.05) is 0 Å². The predicted octanol–water partition coefficient (Wildman–Crippen LogP) is 3.05. The number of nitrogens with two attached hydrogens (primary N) is 1. The van der Waals surface area contributed by atoms with E-state index in [1.807, 2.05) is 24.3 Å². The summed E-state index contributed by atoms with van der Waals surface area (Å²) in [6, 6.07) is 7.57. The Morgan fingerprint density at radius 2 is 1.89 bits per heavy atom. The Kier molecular flexibility index (Phi) is 3.69. The molecule has 4 heteroatoms. The van der Waals surface area contributed by atoms with Crippen molar-refractivity contribution in [1.29, 1.82) is 0 Å². The summed E-state index contributed by atoms with van der Waals surface area (Å²) in [6.45, 7) is 4.29. The van der Waals surface area contributed by atoms with Crippen molar-refractivity contribution in [3.63, 3.8) is 0 Å². The topological polar surface area (TPSA) is 63.3 Å². The fourth-order valence-corrected chi connectivity index (χ4v) is 2.98. The molecule has 1 aromatic carbocycles. The third-order valence-corrected chi connectivity index (χ3v) is 4.44. The van der Waals surface area contributed by atoms with Crippen LogP contribution in [-0.4, -0.2) is 16.3 Å². The van der Waals surface area contributed by atoms with Crippen LogP contribution in [0.15, 0.2) is 29.2 Å². The van der Waals surface area contributed by atoms with Crippen molar-refractivity contribution in [3.8, 4) is 0 Å². The number of carboxylic acids is 1. The number of benzene rings is 1. The lowest BCUT2D eigenvalue weighted by Crippen LogP contribution is -2.29. The number of carboxylic acid groups (broad SMARTS) is 1. The fourth-order valence-electron chi connectivity index (χ4n) is 2.14. The first-order valence-corrected chi connectivity index (χ1v) is 7.09. The third-order valence-electron chi connectivity index (χ3n) is 3.42. The van der Waals surface area contributed by atoms with E-state index in [4.69, 9.17) is 5.73 Å². The van der Waals surface area contributed by atoms with E-state index in [1.54, 1.807) is 11.8 Å². The van der Waals surface area contributed by atoms with Crippen molar-refractivity contribution in [2.24, 2.45) is 11.1 Å². The lowest BCUT2D eigenvalue weighted by Gasteiger charge is -2.19. The molecule has 1 saturated carbocycles. The maximum Gasteiger partial charge on any atom is 0.311 e. The Bertz CT molecular complexity index is 438. The molecule has 0 amide bonds. The second-order valence-electron chi connectivity index (χ2n) is 5.17. The van der Waals surface area contributed by atoms with Gasteiger partial charge in [-0.2, -0.15) is 0 Å². The molecule has 3 N–H and O–H groups in total. The van der Waals surface area contributed by atoms with E-state index in [0.29, 0.717) is 18.1 Å². The van der Waals surface area contributed by atoms with Gasteiger partial charge in [-0.15, -0.1) is 11.8 Å². The van der Waals surface area contributed by atoms with Crippen LogP contribution in [0.25, 0.3) is 0 Å². The summed E-state index contributed by atoms with van der Waals surface area (Å²) in [5.74, 6) is -0.768. The highest BCUT2D eigenvalue weighted by molar-refractivity contribution is 7.99. The second kappa shape index (κ2) is 4.94. The van der Waals surface area contributed by atoms with Gasteiger partial charge in [0.1, 0.15) is 0 Å². The molecule has 1 unspecified atom stereocenters. The van der Waals surface area contributed by atoms with Gasteiger partial charge in [0.15, 0.2) is 0 Å². The smallest absolute Gasteiger partial charge is 0.311 e. The molecule has 0 heterocycles. The minimum absolute atomic E-state index is 0.395. The molecule has 1 atom stereocenters. The highest BCUT2D eigenvalue weighted by Gasteiger charge is 2.55. The van der Waals surface area contributed by atoms with Crippen LogP contribution in [0.2, 0.25) is 0 Å². The lowest BCUT2D eigenvalue weighted by molar-refractivity contribution is -0.144. The summed E-state index contributed by atoms with van der Waals surface area (Å²) < 4.78 is 0. The van der Waals surface area contributed by atoms with Gasteiger partial charge < -0.3 is 10.8 Å². The molecule has 1 aliphatic carbocycles. The summed E-state index contributed by atoms with van der Waals surface area (Å²) in [5, 5.41) is 9.77. The number of aliphatic carboxylic acids is 1. The van der Waals surface area contributed by atoms with Crippen LogP contribution in [0.3, 0.4) is 0 Å².